The zero-order chi connectivity index (χ0) is 10.3. The number of hydrogen-bond acceptors (Lipinski definition) is 0. The third-order valence-electron chi connectivity index (χ3n) is 2.98. The Bertz CT molecular complexity index is 625. The van der Waals surface area contributed by atoms with E-state index < -0.39 is 0 Å². The average Bonchev–Trinajstić information content (AvgIpc) is 2.66. The van der Waals surface area contributed by atoms with Gasteiger partial charge < -0.3 is 4.98 Å². The van der Waals surface area contributed by atoms with Crippen LogP contribution in [0, 0.1) is 0 Å². The van der Waals surface area contributed by atoms with Crippen molar-refractivity contribution in [3.05, 3.63) is 42.5 Å². The van der Waals surface area contributed by atoms with Gasteiger partial charge in [0.05, 0.1) is 0 Å². The number of aromatic nitrogens is 1. The minimum Gasteiger partial charge on any atom is -0.355 e. The van der Waals surface area contributed by atoms with Gasteiger partial charge >= 0.3 is 0 Å². The fourth-order valence-electron chi connectivity index (χ4n) is 2.12. The van der Waals surface area contributed by atoms with Gasteiger partial charge in [-0.2, -0.15) is 0 Å². The molecule has 2 aromatic carbocycles. The molecule has 0 aliphatic rings. The maximum Gasteiger partial charge on any atom is 0.154 e. The molecule has 2 heteroatoms. The molecule has 3 aromatic rings. The zero-order valence-electron chi connectivity index (χ0n) is 8.75. The molecule has 0 bridgehead atoms. The lowest BCUT2D eigenvalue weighted by atomic mass is 9.73. The summed E-state index contributed by atoms with van der Waals surface area (Å²) in [6.07, 6.45) is 0. The van der Waals surface area contributed by atoms with Crippen LogP contribution in [0.25, 0.3) is 21.8 Å². The molecule has 0 radical (unpaired) electrons. The fraction of sp³-hybridized carbons (Fsp3) is 0.0769. The monoisotopic (exact) mass is 193 g/mol. The number of fused-ring (bicyclic) bond motifs is 3. The van der Waals surface area contributed by atoms with Crippen molar-refractivity contribution in [2.24, 2.45) is 0 Å². The van der Waals surface area contributed by atoms with E-state index in [9.17, 15) is 0 Å². The van der Waals surface area contributed by atoms with Gasteiger partial charge in [0.2, 0.25) is 0 Å². The summed E-state index contributed by atoms with van der Waals surface area (Å²) in [5, 5.41) is 2.66. The zero-order valence-corrected chi connectivity index (χ0v) is 8.75. The average molecular weight is 193 g/mol. The lowest BCUT2D eigenvalue weighted by Gasteiger charge is -1.95. The van der Waals surface area contributed by atoms with Crippen molar-refractivity contribution in [1.29, 1.82) is 0 Å². The van der Waals surface area contributed by atoms with Crippen LogP contribution in [0.3, 0.4) is 0 Å². The Morgan fingerprint density at radius 2 is 1.73 bits per heavy atom. The Balaban J connectivity index is 2.46. The van der Waals surface area contributed by atoms with Crippen molar-refractivity contribution in [3.8, 4) is 0 Å². The van der Waals surface area contributed by atoms with Gasteiger partial charge in [-0.05, 0) is 12.1 Å². The van der Waals surface area contributed by atoms with Gasteiger partial charge in [0.1, 0.15) is 0 Å². The van der Waals surface area contributed by atoms with Crippen LogP contribution < -0.4 is 5.46 Å². The second-order valence-corrected chi connectivity index (χ2v) is 3.90. The topological polar surface area (TPSA) is 15.8 Å². The molecule has 0 atom stereocenters. The van der Waals surface area contributed by atoms with Crippen molar-refractivity contribution in [2.45, 2.75) is 6.82 Å². The molecule has 1 aromatic heterocycles. The number of hydrogen-bond donors (Lipinski definition) is 1. The summed E-state index contributed by atoms with van der Waals surface area (Å²) in [4.78, 5) is 3.43. The third kappa shape index (κ3) is 1.25. The second kappa shape index (κ2) is 3.16. The Hall–Kier alpha value is -1.70. The van der Waals surface area contributed by atoms with E-state index in [1.54, 1.807) is 0 Å². The third-order valence-corrected chi connectivity index (χ3v) is 2.98. The number of H-pyrrole nitrogens is 1. The van der Waals surface area contributed by atoms with Crippen LogP contribution >= 0.6 is 0 Å². The number of rotatable bonds is 1. The van der Waals surface area contributed by atoms with E-state index in [4.69, 9.17) is 0 Å². The van der Waals surface area contributed by atoms with E-state index in [1.807, 2.05) is 0 Å². The Labute approximate surface area is 89.4 Å². The van der Waals surface area contributed by atoms with Gasteiger partial charge in [-0.1, -0.05) is 42.6 Å². The Morgan fingerprint density at radius 3 is 2.60 bits per heavy atom. The summed E-state index contributed by atoms with van der Waals surface area (Å²) in [5.41, 5.74) is 3.85. The van der Waals surface area contributed by atoms with E-state index in [0.29, 0.717) is 0 Å². The first-order chi connectivity index (χ1) is 7.38. The molecule has 72 valence electrons. The summed E-state index contributed by atoms with van der Waals surface area (Å²) in [6, 6.07) is 15.1. The molecule has 1 nitrogen and oxygen atoms in total. The summed E-state index contributed by atoms with van der Waals surface area (Å²) >= 11 is 0. The molecule has 0 fully saturated rings. The van der Waals surface area contributed by atoms with Crippen LogP contribution in [-0.4, -0.2) is 12.3 Å². The van der Waals surface area contributed by atoms with Gasteiger partial charge in [0, 0.05) is 21.8 Å². The molecule has 0 saturated carbocycles. The first-order valence-corrected chi connectivity index (χ1v) is 5.38. The van der Waals surface area contributed by atoms with E-state index in [2.05, 4.69) is 54.3 Å². The number of para-hydroxylation sites is 1. The summed E-state index contributed by atoms with van der Waals surface area (Å²) < 4.78 is 0. The molecule has 0 amide bonds. The minimum atomic E-state index is 1.09. The minimum absolute atomic E-state index is 1.09. The van der Waals surface area contributed by atoms with E-state index >= 15 is 0 Å². The van der Waals surface area contributed by atoms with Gasteiger partial charge in [-0.25, -0.2) is 0 Å². The lowest BCUT2D eigenvalue weighted by Crippen LogP contribution is -2.08. The molecule has 1 N–H and O–H groups in total. The smallest absolute Gasteiger partial charge is 0.154 e. The van der Waals surface area contributed by atoms with E-state index in [-0.39, 0.29) is 0 Å². The largest absolute Gasteiger partial charge is 0.355 e. The summed E-state index contributed by atoms with van der Waals surface area (Å²) in [5.74, 6) is 0. The molecular weight excluding hydrogens is 181 g/mol. The second-order valence-electron chi connectivity index (χ2n) is 3.90. The SMILES string of the molecule is CBc1ccc2[nH]c3ccccc3c2c1. The summed E-state index contributed by atoms with van der Waals surface area (Å²) in [6.45, 7) is 2.19. The van der Waals surface area contributed by atoms with Crippen LogP contribution in [0.2, 0.25) is 6.82 Å². The first kappa shape index (κ1) is 8.60. The van der Waals surface area contributed by atoms with Gasteiger partial charge in [0.15, 0.2) is 7.28 Å². The lowest BCUT2D eigenvalue weighted by molar-refractivity contribution is 1.55. The number of benzene rings is 2. The van der Waals surface area contributed by atoms with E-state index in [0.717, 1.165) is 7.28 Å². The standard InChI is InChI=1S/C13H12BN/c1-14-9-6-7-13-11(8-9)10-4-2-3-5-12(10)15-13/h2-8,14-15H,1H3. The highest BCUT2D eigenvalue weighted by molar-refractivity contribution is 6.52. The van der Waals surface area contributed by atoms with Crippen molar-refractivity contribution < 1.29 is 0 Å². The first-order valence-electron chi connectivity index (χ1n) is 5.38. The Kier molecular flexibility index (Phi) is 1.81. The normalized spacial score (nSPS) is 11.0. The van der Waals surface area contributed by atoms with Crippen LogP contribution in [0.1, 0.15) is 0 Å². The van der Waals surface area contributed by atoms with Crippen molar-refractivity contribution in [2.75, 3.05) is 0 Å². The van der Waals surface area contributed by atoms with Gasteiger partial charge in [-0.15, -0.1) is 0 Å². The molecule has 1 heterocycles. The molecule has 0 aliphatic heterocycles. The highest BCUT2D eigenvalue weighted by Crippen LogP contribution is 2.23. The quantitative estimate of drug-likeness (QED) is 0.571. The predicted molar refractivity (Wildman–Crippen MR) is 68.5 cm³/mol. The van der Waals surface area contributed by atoms with Crippen molar-refractivity contribution in [1.82, 2.24) is 4.98 Å². The van der Waals surface area contributed by atoms with Crippen LogP contribution in [-0.2, 0) is 0 Å². The molecule has 0 aliphatic carbocycles. The predicted octanol–water partition coefficient (Wildman–Crippen LogP) is 2.43. The molecular formula is C13H12BN. The van der Waals surface area contributed by atoms with Gasteiger partial charge in [-0.3, -0.25) is 0 Å². The molecule has 0 spiro atoms. The number of nitrogens with one attached hydrogen (secondary N) is 1. The van der Waals surface area contributed by atoms with Crippen LogP contribution in [0.5, 0.6) is 0 Å². The maximum atomic E-state index is 3.43. The van der Waals surface area contributed by atoms with Crippen LogP contribution in [0.4, 0.5) is 0 Å². The highest BCUT2D eigenvalue weighted by atomic mass is 14.7. The molecule has 15 heavy (non-hydrogen) atoms. The van der Waals surface area contributed by atoms with Crippen molar-refractivity contribution >= 4 is 34.5 Å². The molecule has 3 rings (SSSR count). The maximum absolute atomic E-state index is 3.43. The number of aromatic amines is 1. The molecule has 0 saturated heterocycles. The Morgan fingerprint density at radius 1 is 0.933 bits per heavy atom. The van der Waals surface area contributed by atoms with Crippen LogP contribution in [0.15, 0.2) is 42.5 Å². The van der Waals surface area contributed by atoms with Gasteiger partial charge in [0.25, 0.3) is 0 Å². The fourth-order valence-corrected chi connectivity index (χ4v) is 2.12. The molecule has 0 unspecified atom stereocenters. The highest BCUT2D eigenvalue weighted by Gasteiger charge is 2.03. The van der Waals surface area contributed by atoms with E-state index in [1.165, 1.54) is 27.3 Å². The summed E-state index contributed by atoms with van der Waals surface area (Å²) in [7, 11) is 1.09. The van der Waals surface area contributed by atoms with Crippen molar-refractivity contribution in [3.63, 3.8) is 0 Å².